The molecule has 198 valence electrons. The van der Waals surface area contributed by atoms with Gasteiger partial charge in [-0.05, 0) is 50.3 Å². The van der Waals surface area contributed by atoms with Gasteiger partial charge in [0.15, 0.2) is 17.1 Å². The number of ether oxygens (including phenoxy) is 3. The van der Waals surface area contributed by atoms with Gasteiger partial charge in [-0.25, -0.2) is 0 Å². The molecule has 0 saturated heterocycles. The van der Waals surface area contributed by atoms with Crippen molar-refractivity contribution in [1.82, 2.24) is 4.57 Å². The van der Waals surface area contributed by atoms with Crippen molar-refractivity contribution >= 4 is 34.6 Å². The summed E-state index contributed by atoms with van der Waals surface area (Å²) in [6.07, 6.45) is 1.65. The van der Waals surface area contributed by atoms with Crippen LogP contribution in [0.4, 0.5) is 5.69 Å². The molecular formula is C30H27N3O5S. The van der Waals surface area contributed by atoms with Crippen LogP contribution in [0.5, 0.6) is 17.2 Å². The van der Waals surface area contributed by atoms with Gasteiger partial charge in [0.25, 0.3) is 11.5 Å². The average Bonchev–Trinajstić information content (AvgIpc) is 3.25. The Balaban J connectivity index is 1.99. The second kappa shape index (κ2) is 11.7. The van der Waals surface area contributed by atoms with Crippen molar-refractivity contribution in [2.24, 2.45) is 0 Å². The average molecular weight is 542 g/mol. The highest BCUT2D eigenvalue weighted by Crippen LogP contribution is 2.34. The quantitative estimate of drug-likeness (QED) is 0.383. The molecule has 1 amide bonds. The van der Waals surface area contributed by atoms with Crippen LogP contribution in [0, 0.1) is 25.2 Å². The third-order valence-corrected chi connectivity index (χ3v) is 7.09. The van der Waals surface area contributed by atoms with Crippen molar-refractivity contribution in [2.75, 3.05) is 26.6 Å². The Kier molecular flexibility index (Phi) is 8.18. The minimum absolute atomic E-state index is 0.183. The van der Waals surface area contributed by atoms with E-state index in [4.69, 9.17) is 14.2 Å². The number of methoxy groups -OCH3 is 3. The molecule has 3 aromatic carbocycles. The van der Waals surface area contributed by atoms with Crippen LogP contribution < -0.4 is 34.3 Å². The van der Waals surface area contributed by atoms with E-state index in [-0.39, 0.29) is 15.8 Å². The third kappa shape index (κ3) is 5.71. The summed E-state index contributed by atoms with van der Waals surface area (Å²) < 4.78 is 18.2. The Bertz CT molecular complexity index is 1750. The van der Waals surface area contributed by atoms with Gasteiger partial charge in [0.1, 0.15) is 16.5 Å². The van der Waals surface area contributed by atoms with Gasteiger partial charge in [-0.2, -0.15) is 5.26 Å². The Morgan fingerprint density at radius 3 is 2.03 bits per heavy atom. The molecule has 0 aliphatic heterocycles. The molecule has 1 aromatic heterocycles. The monoisotopic (exact) mass is 541 g/mol. The van der Waals surface area contributed by atoms with E-state index in [9.17, 15) is 14.9 Å². The first kappa shape index (κ1) is 27.2. The number of benzene rings is 3. The molecular weight excluding hydrogens is 514 g/mol. The molecule has 0 atom stereocenters. The lowest BCUT2D eigenvalue weighted by atomic mass is 10.1. The van der Waals surface area contributed by atoms with Gasteiger partial charge in [0, 0.05) is 17.3 Å². The topological polar surface area (TPSA) is 103 Å². The van der Waals surface area contributed by atoms with E-state index >= 15 is 0 Å². The van der Waals surface area contributed by atoms with Crippen LogP contribution in [0.1, 0.15) is 16.7 Å². The highest BCUT2D eigenvalue weighted by Gasteiger charge is 2.18. The Hall–Kier alpha value is -4.81. The number of nitrogens with zero attached hydrogens (tertiary/aromatic N) is 2. The maximum atomic E-state index is 13.8. The molecule has 0 aliphatic rings. The molecule has 0 unspecified atom stereocenters. The van der Waals surface area contributed by atoms with Crippen molar-refractivity contribution in [3.8, 4) is 29.0 Å². The Morgan fingerprint density at radius 2 is 1.46 bits per heavy atom. The van der Waals surface area contributed by atoms with Crippen molar-refractivity contribution < 1.29 is 19.0 Å². The zero-order chi connectivity index (χ0) is 28.1. The van der Waals surface area contributed by atoms with Gasteiger partial charge < -0.3 is 19.5 Å². The van der Waals surface area contributed by atoms with Crippen molar-refractivity contribution in [3.05, 3.63) is 96.9 Å². The van der Waals surface area contributed by atoms with Crippen LogP contribution in [0.2, 0.25) is 0 Å². The lowest BCUT2D eigenvalue weighted by molar-refractivity contribution is -0.111. The maximum Gasteiger partial charge on any atom is 0.273 e. The molecule has 4 rings (SSSR count). The van der Waals surface area contributed by atoms with Gasteiger partial charge in [0.05, 0.1) is 31.5 Å². The van der Waals surface area contributed by atoms with E-state index in [0.29, 0.717) is 38.7 Å². The molecule has 8 nitrogen and oxygen atoms in total. The van der Waals surface area contributed by atoms with Crippen LogP contribution in [-0.2, 0) is 4.79 Å². The summed E-state index contributed by atoms with van der Waals surface area (Å²) in [5.74, 6) is 0.787. The fraction of sp³-hybridized carbons (Fsp3) is 0.167. The molecule has 0 spiro atoms. The molecule has 0 aliphatic carbocycles. The summed E-state index contributed by atoms with van der Waals surface area (Å²) >= 11 is 1.04. The minimum atomic E-state index is -0.612. The lowest BCUT2D eigenvalue weighted by Crippen LogP contribution is -2.32. The highest BCUT2D eigenvalue weighted by molar-refractivity contribution is 7.07. The predicted octanol–water partition coefficient (Wildman–Crippen LogP) is 3.68. The van der Waals surface area contributed by atoms with E-state index in [1.807, 2.05) is 44.2 Å². The first-order valence-electron chi connectivity index (χ1n) is 11.9. The summed E-state index contributed by atoms with van der Waals surface area (Å²) in [4.78, 5) is 27.0. The van der Waals surface area contributed by atoms with Crippen molar-refractivity contribution in [2.45, 2.75) is 13.8 Å². The smallest absolute Gasteiger partial charge is 0.273 e. The van der Waals surface area contributed by atoms with E-state index in [0.717, 1.165) is 22.5 Å². The predicted molar refractivity (Wildman–Crippen MR) is 152 cm³/mol. The summed E-state index contributed by atoms with van der Waals surface area (Å²) in [6.45, 7) is 3.88. The van der Waals surface area contributed by atoms with Crippen LogP contribution in [0.25, 0.3) is 17.3 Å². The molecule has 0 saturated carbocycles. The zero-order valence-electron chi connectivity index (χ0n) is 22.2. The van der Waals surface area contributed by atoms with Gasteiger partial charge in [0.2, 0.25) is 0 Å². The number of rotatable bonds is 7. The summed E-state index contributed by atoms with van der Waals surface area (Å²) in [5, 5.41) is 12.8. The van der Waals surface area contributed by atoms with E-state index < -0.39 is 5.91 Å². The lowest BCUT2D eigenvalue weighted by Gasteiger charge is -2.11. The molecule has 9 heteroatoms. The number of aromatic nitrogens is 1. The summed E-state index contributed by atoms with van der Waals surface area (Å²) in [6, 6.07) is 19.9. The molecule has 1 N–H and O–H groups in total. The number of carbonyl (C=O) groups is 1. The van der Waals surface area contributed by atoms with Gasteiger partial charge in [-0.1, -0.05) is 35.4 Å². The van der Waals surface area contributed by atoms with Crippen molar-refractivity contribution in [3.63, 3.8) is 0 Å². The number of thiazole rings is 1. The Labute approximate surface area is 229 Å². The fourth-order valence-electron chi connectivity index (χ4n) is 3.91. The van der Waals surface area contributed by atoms with E-state index in [2.05, 4.69) is 5.32 Å². The SMILES string of the molecule is COc1cc(OC)c(OC)cc1/C=c1\s/c(=C(/C#N)C(=O)Nc2ccc(C)cc2)n(-c2ccc(C)cc2)c1=O. The largest absolute Gasteiger partial charge is 0.496 e. The standard InChI is InChI=1S/C30H27N3O5S/c1-18-6-10-21(11-7-18)32-28(34)23(17-31)30-33(22-12-8-19(2)9-13-22)29(35)27(39-30)15-20-14-25(37-4)26(38-5)16-24(20)36-3/h6-16H,1-5H3,(H,32,34)/b27-15-,30-23-. The van der Waals surface area contributed by atoms with Crippen LogP contribution in [0.15, 0.2) is 65.5 Å². The number of nitrogens with one attached hydrogen (secondary N) is 1. The molecule has 0 fully saturated rings. The zero-order valence-corrected chi connectivity index (χ0v) is 23.0. The molecule has 4 aromatic rings. The van der Waals surface area contributed by atoms with E-state index in [1.54, 1.807) is 42.5 Å². The number of hydrogen-bond donors (Lipinski definition) is 1. The van der Waals surface area contributed by atoms with Gasteiger partial charge in [-0.3, -0.25) is 14.2 Å². The van der Waals surface area contributed by atoms with Crippen LogP contribution >= 0.6 is 11.3 Å². The minimum Gasteiger partial charge on any atom is -0.496 e. The summed E-state index contributed by atoms with van der Waals surface area (Å²) in [5.41, 5.74) is 3.12. The molecule has 1 heterocycles. The maximum absolute atomic E-state index is 13.8. The van der Waals surface area contributed by atoms with Crippen LogP contribution in [-0.4, -0.2) is 31.8 Å². The number of hydrogen-bond acceptors (Lipinski definition) is 7. The van der Waals surface area contributed by atoms with Crippen molar-refractivity contribution in [1.29, 1.82) is 5.26 Å². The third-order valence-electron chi connectivity index (χ3n) is 6.00. The number of aryl methyl sites for hydroxylation is 2. The van der Waals surface area contributed by atoms with E-state index in [1.165, 1.54) is 25.9 Å². The number of anilines is 1. The second-order valence-corrected chi connectivity index (χ2v) is 9.68. The Morgan fingerprint density at radius 1 is 0.897 bits per heavy atom. The first-order chi connectivity index (χ1) is 18.8. The summed E-state index contributed by atoms with van der Waals surface area (Å²) in [7, 11) is 4.55. The number of amides is 1. The van der Waals surface area contributed by atoms with Crippen LogP contribution in [0.3, 0.4) is 0 Å². The second-order valence-electron chi connectivity index (χ2n) is 8.65. The number of nitriles is 1. The molecule has 0 bridgehead atoms. The molecule has 0 radical (unpaired) electrons. The fourth-order valence-corrected chi connectivity index (χ4v) is 5.00. The van der Waals surface area contributed by atoms with Gasteiger partial charge in [-0.15, -0.1) is 11.3 Å². The first-order valence-corrected chi connectivity index (χ1v) is 12.7. The number of carbonyl (C=O) groups excluding carboxylic acids is 1. The van der Waals surface area contributed by atoms with Gasteiger partial charge >= 0.3 is 0 Å². The molecule has 39 heavy (non-hydrogen) atoms. The highest BCUT2D eigenvalue weighted by atomic mass is 32.1. The normalized spacial score (nSPS) is 11.9.